The number of methoxy groups -OCH3 is 1. The summed E-state index contributed by atoms with van der Waals surface area (Å²) in [5.74, 6) is -0.943. The van der Waals surface area contributed by atoms with Crippen molar-refractivity contribution < 1.29 is 24.2 Å². The second-order valence-corrected chi connectivity index (χ2v) is 4.13. The summed E-state index contributed by atoms with van der Waals surface area (Å²) in [6.07, 6.45) is 0.130. The molecule has 7 heteroatoms. The van der Waals surface area contributed by atoms with Crippen molar-refractivity contribution >= 4 is 12.0 Å². The lowest BCUT2D eigenvalue weighted by molar-refractivity contribution is -0.140. The molecule has 1 unspecified atom stereocenters. The number of ether oxygens (including phenoxy) is 2. The first-order valence-corrected chi connectivity index (χ1v) is 6.32. The summed E-state index contributed by atoms with van der Waals surface area (Å²) in [5, 5.41) is 11.4. The highest BCUT2D eigenvalue weighted by Crippen LogP contribution is 1.98. The van der Waals surface area contributed by atoms with Crippen LogP contribution in [0.25, 0.3) is 0 Å². The predicted molar refractivity (Wildman–Crippen MR) is 70.2 cm³/mol. The molecule has 0 bridgehead atoms. The maximum atomic E-state index is 11.7. The van der Waals surface area contributed by atoms with Gasteiger partial charge in [0.15, 0.2) is 0 Å². The van der Waals surface area contributed by atoms with Crippen LogP contribution in [-0.4, -0.2) is 68.6 Å². The van der Waals surface area contributed by atoms with E-state index in [1.54, 1.807) is 21.1 Å². The highest BCUT2D eigenvalue weighted by molar-refractivity contribution is 5.74. The molecule has 0 spiro atoms. The summed E-state index contributed by atoms with van der Waals surface area (Å²) in [5.41, 5.74) is 0. The van der Waals surface area contributed by atoms with Gasteiger partial charge in [0.1, 0.15) is 0 Å². The highest BCUT2D eigenvalue weighted by atomic mass is 16.5. The Morgan fingerprint density at radius 3 is 2.63 bits per heavy atom. The first-order valence-electron chi connectivity index (χ1n) is 6.32. The standard InChI is InChI=1S/C12H24N2O5/c1-4-19-10(8-11(15)16)9-13-12(17)14(2)6-5-7-18-3/h10H,4-9H2,1-3H3,(H,13,17)(H,15,16). The van der Waals surface area contributed by atoms with Crippen molar-refractivity contribution in [1.82, 2.24) is 10.2 Å². The molecule has 0 saturated heterocycles. The molecule has 112 valence electrons. The number of hydrogen-bond acceptors (Lipinski definition) is 4. The molecule has 0 heterocycles. The topological polar surface area (TPSA) is 88.1 Å². The van der Waals surface area contributed by atoms with Crippen LogP contribution in [0.1, 0.15) is 19.8 Å². The van der Waals surface area contributed by atoms with E-state index in [-0.39, 0.29) is 19.0 Å². The van der Waals surface area contributed by atoms with Gasteiger partial charge in [0.05, 0.1) is 12.5 Å². The van der Waals surface area contributed by atoms with Crippen molar-refractivity contribution in [2.24, 2.45) is 0 Å². The van der Waals surface area contributed by atoms with Gasteiger partial charge in [-0.05, 0) is 13.3 Å². The lowest BCUT2D eigenvalue weighted by Gasteiger charge is -2.20. The minimum Gasteiger partial charge on any atom is -0.481 e. The monoisotopic (exact) mass is 276 g/mol. The van der Waals surface area contributed by atoms with Gasteiger partial charge in [-0.15, -0.1) is 0 Å². The number of amides is 2. The number of nitrogens with zero attached hydrogens (tertiary/aromatic N) is 1. The molecule has 0 aromatic rings. The second-order valence-electron chi connectivity index (χ2n) is 4.13. The highest BCUT2D eigenvalue weighted by Gasteiger charge is 2.15. The Balaban J connectivity index is 3.98. The molecular weight excluding hydrogens is 252 g/mol. The Labute approximate surface area is 113 Å². The van der Waals surface area contributed by atoms with Crippen LogP contribution in [0.2, 0.25) is 0 Å². The Hall–Kier alpha value is -1.34. The summed E-state index contributed by atoms with van der Waals surface area (Å²) in [7, 11) is 3.29. The van der Waals surface area contributed by atoms with Crippen molar-refractivity contribution in [3.63, 3.8) is 0 Å². The van der Waals surface area contributed by atoms with Gasteiger partial charge in [-0.2, -0.15) is 0 Å². The molecule has 0 aliphatic rings. The van der Waals surface area contributed by atoms with Crippen LogP contribution in [0.3, 0.4) is 0 Å². The van der Waals surface area contributed by atoms with E-state index in [1.165, 1.54) is 4.90 Å². The van der Waals surface area contributed by atoms with E-state index in [9.17, 15) is 9.59 Å². The third-order valence-corrected chi connectivity index (χ3v) is 2.47. The molecular formula is C12H24N2O5. The molecule has 0 rings (SSSR count). The van der Waals surface area contributed by atoms with Crippen molar-refractivity contribution in [3.8, 4) is 0 Å². The molecule has 0 saturated carbocycles. The maximum absolute atomic E-state index is 11.7. The number of nitrogens with one attached hydrogen (secondary N) is 1. The first kappa shape index (κ1) is 17.7. The lowest BCUT2D eigenvalue weighted by Crippen LogP contribution is -2.42. The average molecular weight is 276 g/mol. The molecule has 0 fully saturated rings. The van der Waals surface area contributed by atoms with Crippen LogP contribution in [0.15, 0.2) is 0 Å². The Kier molecular flexibility index (Phi) is 9.82. The number of rotatable bonds is 10. The molecule has 0 aliphatic heterocycles. The fraction of sp³-hybridized carbons (Fsp3) is 0.833. The van der Waals surface area contributed by atoms with Gasteiger partial charge >= 0.3 is 12.0 Å². The molecule has 2 amide bonds. The minimum absolute atomic E-state index is 0.124. The van der Waals surface area contributed by atoms with E-state index in [1.807, 2.05) is 0 Å². The number of carboxylic acids is 1. The largest absolute Gasteiger partial charge is 0.481 e. The van der Waals surface area contributed by atoms with Gasteiger partial charge < -0.3 is 24.8 Å². The fourth-order valence-corrected chi connectivity index (χ4v) is 1.50. The number of carbonyl (C=O) groups is 2. The van der Waals surface area contributed by atoms with Gasteiger partial charge in [0.2, 0.25) is 0 Å². The number of carboxylic acid groups (broad SMARTS) is 1. The molecule has 19 heavy (non-hydrogen) atoms. The zero-order chi connectivity index (χ0) is 14.7. The third-order valence-electron chi connectivity index (χ3n) is 2.47. The van der Waals surface area contributed by atoms with Crippen LogP contribution < -0.4 is 5.32 Å². The predicted octanol–water partition coefficient (Wildman–Crippen LogP) is 0.544. The zero-order valence-corrected chi connectivity index (χ0v) is 11.8. The quantitative estimate of drug-likeness (QED) is 0.569. The zero-order valence-electron chi connectivity index (χ0n) is 11.8. The molecule has 2 N–H and O–H groups in total. The van der Waals surface area contributed by atoms with Gasteiger partial charge in [0, 0.05) is 40.5 Å². The minimum atomic E-state index is -0.943. The first-order chi connectivity index (χ1) is 9.01. The van der Waals surface area contributed by atoms with Gasteiger partial charge in [0.25, 0.3) is 0 Å². The summed E-state index contributed by atoms with van der Waals surface area (Å²) < 4.78 is 10.1. The van der Waals surface area contributed by atoms with Crippen LogP contribution in [0.4, 0.5) is 4.79 Å². The molecule has 1 atom stereocenters. The van der Waals surface area contributed by atoms with Crippen molar-refractivity contribution in [3.05, 3.63) is 0 Å². The fourth-order valence-electron chi connectivity index (χ4n) is 1.50. The maximum Gasteiger partial charge on any atom is 0.317 e. The van der Waals surface area contributed by atoms with E-state index in [4.69, 9.17) is 14.6 Å². The summed E-state index contributed by atoms with van der Waals surface area (Å²) >= 11 is 0. The summed E-state index contributed by atoms with van der Waals surface area (Å²) in [6.45, 7) is 3.56. The van der Waals surface area contributed by atoms with E-state index in [0.29, 0.717) is 19.8 Å². The molecule has 7 nitrogen and oxygen atoms in total. The number of urea groups is 1. The van der Waals surface area contributed by atoms with Gasteiger partial charge in [-0.1, -0.05) is 0 Å². The molecule has 0 radical (unpaired) electrons. The van der Waals surface area contributed by atoms with E-state index >= 15 is 0 Å². The van der Waals surface area contributed by atoms with Crippen molar-refractivity contribution in [2.75, 3.05) is 40.5 Å². The Morgan fingerprint density at radius 1 is 1.42 bits per heavy atom. The molecule has 0 aromatic carbocycles. The summed E-state index contributed by atoms with van der Waals surface area (Å²) in [6, 6.07) is -0.244. The smallest absolute Gasteiger partial charge is 0.317 e. The SMILES string of the molecule is CCOC(CNC(=O)N(C)CCCOC)CC(=O)O. The van der Waals surface area contributed by atoms with Crippen LogP contribution in [0, 0.1) is 0 Å². The van der Waals surface area contributed by atoms with Crippen LogP contribution in [-0.2, 0) is 14.3 Å². The lowest BCUT2D eigenvalue weighted by atomic mass is 10.2. The van der Waals surface area contributed by atoms with Gasteiger partial charge in [-0.25, -0.2) is 4.79 Å². The van der Waals surface area contributed by atoms with Crippen molar-refractivity contribution in [1.29, 1.82) is 0 Å². The van der Waals surface area contributed by atoms with Crippen LogP contribution in [0.5, 0.6) is 0 Å². The molecule has 0 aliphatic carbocycles. The Morgan fingerprint density at radius 2 is 2.11 bits per heavy atom. The number of aliphatic carboxylic acids is 1. The summed E-state index contributed by atoms with van der Waals surface area (Å²) in [4.78, 5) is 23.9. The van der Waals surface area contributed by atoms with E-state index in [0.717, 1.165) is 6.42 Å². The van der Waals surface area contributed by atoms with E-state index < -0.39 is 12.1 Å². The average Bonchev–Trinajstić information content (AvgIpc) is 2.35. The third kappa shape index (κ3) is 9.26. The number of hydrogen-bond donors (Lipinski definition) is 2. The Bertz CT molecular complexity index is 273. The second kappa shape index (κ2) is 10.6. The normalized spacial score (nSPS) is 11.9. The van der Waals surface area contributed by atoms with E-state index in [2.05, 4.69) is 5.32 Å². The van der Waals surface area contributed by atoms with Gasteiger partial charge in [-0.3, -0.25) is 4.79 Å². The van der Waals surface area contributed by atoms with Crippen molar-refractivity contribution in [2.45, 2.75) is 25.9 Å². The van der Waals surface area contributed by atoms with Crippen LogP contribution >= 0.6 is 0 Å². The number of carbonyl (C=O) groups excluding carboxylic acids is 1. The molecule has 0 aromatic heterocycles.